The van der Waals surface area contributed by atoms with Crippen molar-refractivity contribution in [2.75, 3.05) is 5.32 Å². The average molecular weight is 357 g/mol. The molecule has 1 aliphatic rings. The Kier molecular flexibility index (Phi) is 4.80. The number of rotatable bonds is 6. The maximum absolute atomic E-state index is 12.9. The summed E-state index contributed by atoms with van der Waals surface area (Å²) in [6.07, 6.45) is 1.46. The topological polar surface area (TPSA) is 113 Å². The van der Waals surface area contributed by atoms with Gasteiger partial charge in [-0.15, -0.1) is 0 Å². The minimum atomic E-state index is -1.44. The summed E-state index contributed by atoms with van der Waals surface area (Å²) in [5.74, 6) is -2.40. The number of hydrogen-bond acceptors (Lipinski definition) is 6. The highest BCUT2D eigenvalue weighted by Gasteiger charge is 2.46. The molecule has 1 aromatic carbocycles. The van der Waals surface area contributed by atoms with Crippen molar-refractivity contribution in [2.45, 2.75) is 39.3 Å². The predicted octanol–water partition coefficient (Wildman–Crippen LogP) is 1.23. The zero-order chi connectivity index (χ0) is 18.9. The van der Waals surface area contributed by atoms with Crippen LogP contribution in [0.1, 0.15) is 25.1 Å². The summed E-state index contributed by atoms with van der Waals surface area (Å²) in [6.45, 7) is 4.15. The molecule has 1 atom stereocenters. The Balaban J connectivity index is 1.98. The summed E-state index contributed by atoms with van der Waals surface area (Å²) >= 11 is 0. The number of nitrogens with one attached hydrogen (secondary N) is 1. The molecule has 1 aromatic heterocycles. The fourth-order valence-electron chi connectivity index (χ4n) is 3.16. The molecule has 0 aliphatic carbocycles. The van der Waals surface area contributed by atoms with Gasteiger partial charge < -0.3 is 15.0 Å². The third kappa shape index (κ3) is 3.33. The van der Waals surface area contributed by atoms with Gasteiger partial charge in [-0.2, -0.15) is 0 Å². The number of hydrogen-bond donors (Lipinski definition) is 3. The molecule has 0 fully saturated rings. The number of carbonyl (C=O) groups excluding carboxylic acids is 1. The van der Waals surface area contributed by atoms with Gasteiger partial charge in [-0.1, -0.05) is 44.2 Å². The molecule has 2 aromatic rings. The van der Waals surface area contributed by atoms with Crippen LogP contribution in [-0.2, 0) is 29.2 Å². The molecule has 4 N–H and O–H groups in total. The van der Waals surface area contributed by atoms with Crippen molar-refractivity contribution in [1.29, 1.82) is 0 Å². The maximum Gasteiger partial charge on any atom is 0.323 e. The van der Waals surface area contributed by atoms with Crippen LogP contribution in [0.15, 0.2) is 36.7 Å². The molecule has 0 saturated carbocycles. The number of carboxylic acid groups (broad SMARTS) is 1. The van der Waals surface area contributed by atoms with Crippen LogP contribution in [0.25, 0.3) is 0 Å². The maximum atomic E-state index is 12.9. The molecular formula is C18H23N5O3. The van der Waals surface area contributed by atoms with Crippen molar-refractivity contribution in [3.8, 4) is 0 Å². The third-order valence-electron chi connectivity index (χ3n) is 4.48. The quantitative estimate of drug-likeness (QED) is 0.712. The monoisotopic (exact) mass is 357 g/mol. The van der Waals surface area contributed by atoms with Crippen LogP contribution in [0, 0.1) is 5.92 Å². The van der Waals surface area contributed by atoms with E-state index >= 15 is 0 Å². The number of carboxylic acids is 1. The highest BCUT2D eigenvalue weighted by atomic mass is 16.4. The summed E-state index contributed by atoms with van der Waals surface area (Å²) in [4.78, 5) is 30.1. The van der Waals surface area contributed by atoms with E-state index in [2.05, 4.69) is 10.3 Å². The Morgan fingerprint density at radius 1 is 1.35 bits per heavy atom. The summed E-state index contributed by atoms with van der Waals surface area (Å²) in [6, 6.07) is 9.74. The van der Waals surface area contributed by atoms with Gasteiger partial charge in [0.15, 0.2) is 5.78 Å². The summed E-state index contributed by atoms with van der Waals surface area (Å²) in [5.41, 5.74) is 8.23. The molecule has 1 aliphatic heterocycles. The van der Waals surface area contributed by atoms with E-state index in [0.29, 0.717) is 24.6 Å². The van der Waals surface area contributed by atoms with Crippen LogP contribution < -0.4 is 11.1 Å². The lowest BCUT2D eigenvalue weighted by Crippen LogP contribution is -2.69. The van der Waals surface area contributed by atoms with Gasteiger partial charge in [0.05, 0.1) is 12.0 Å². The molecule has 0 amide bonds. The molecule has 0 radical (unpaired) electrons. The molecule has 0 spiro atoms. The SMILES string of the molecule is CC(C)C(=O)C1(N)Nc2c(ncn2CC(=O)O)CN1Cc1ccccc1. The molecule has 3 rings (SSSR count). The van der Waals surface area contributed by atoms with E-state index in [1.54, 1.807) is 13.8 Å². The van der Waals surface area contributed by atoms with Crippen molar-refractivity contribution in [2.24, 2.45) is 11.7 Å². The van der Waals surface area contributed by atoms with Crippen molar-refractivity contribution in [3.05, 3.63) is 47.9 Å². The van der Waals surface area contributed by atoms with Gasteiger partial charge in [0, 0.05) is 19.0 Å². The van der Waals surface area contributed by atoms with E-state index in [-0.39, 0.29) is 18.2 Å². The van der Waals surface area contributed by atoms with Crippen LogP contribution in [0.3, 0.4) is 0 Å². The van der Waals surface area contributed by atoms with Gasteiger partial charge in [-0.3, -0.25) is 20.2 Å². The molecule has 138 valence electrons. The minimum absolute atomic E-state index is 0.165. The molecular weight excluding hydrogens is 334 g/mol. The normalized spacial score (nSPS) is 19.8. The number of aromatic nitrogens is 2. The first-order valence-electron chi connectivity index (χ1n) is 8.47. The summed E-state index contributed by atoms with van der Waals surface area (Å²) < 4.78 is 1.47. The van der Waals surface area contributed by atoms with Crippen LogP contribution >= 0.6 is 0 Å². The minimum Gasteiger partial charge on any atom is -0.480 e. The Morgan fingerprint density at radius 3 is 2.65 bits per heavy atom. The zero-order valence-corrected chi connectivity index (χ0v) is 14.8. The number of imidazole rings is 1. The van der Waals surface area contributed by atoms with Crippen LogP contribution in [0.4, 0.5) is 5.82 Å². The predicted molar refractivity (Wildman–Crippen MR) is 95.9 cm³/mol. The fourth-order valence-corrected chi connectivity index (χ4v) is 3.16. The largest absolute Gasteiger partial charge is 0.480 e. The van der Waals surface area contributed by atoms with Crippen LogP contribution in [-0.4, -0.2) is 37.1 Å². The fraction of sp³-hybridized carbons (Fsp3) is 0.389. The van der Waals surface area contributed by atoms with Gasteiger partial charge >= 0.3 is 5.97 Å². The van der Waals surface area contributed by atoms with Crippen molar-refractivity contribution in [3.63, 3.8) is 0 Å². The number of nitrogens with zero attached hydrogens (tertiary/aromatic N) is 3. The molecule has 26 heavy (non-hydrogen) atoms. The number of benzene rings is 1. The van der Waals surface area contributed by atoms with E-state index < -0.39 is 11.8 Å². The first-order valence-corrected chi connectivity index (χ1v) is 8.47. The molecule has 1 unspecified atom stereocenters. The molecule has 0 saturated heterocycles. The number of anilines is 1. The van der Waals surface area contributed by atoms with E-state index in [1.807, 2.05) is 35.2 Å². The van der Waals surface area contributed by atoms with Crippen LogP contribution in [0.2, 0.25) is 0 Å². The van der Waals surface area contributed by atoms with Crippen molar-refractivity contribution < 1.29 is 14.7 Å². The lowest BCUT2D eigenvalue weighted by Gasteiger charge is -2.44. The van der Waals surface area contributed by atoms with Crippen molar-refractivity contribution in [1.82, 2.24) is 14.5 Å². The number of aliphatic carboxylic acids is 1. The molecule has 0 bridgehead atoms. The summed E-state index contributed by atoms with van der Waals surface area (Å²) in [7, 11) is 0. The molecule has 2 heterocycles. The van der Waals surface area contributed by atoms with Gasteiger partial charge in [-0.25, -0.2) is 4.98 Å². The molecule has 8 heteroatoms. The second kappa shape index (κ2) is 6.89. The van der Waals surface area contributed by atoms with Gasteiger partial charge in [0.25, 0.3) is 0 Å². The number of nitrogens with two attached hydrogens (primary N) is 1. The Hall–Kier alpha value is -2.71. The Bertz CT molecular complexity index is 817. The van der Waals surface area contributed by atoms with E-state index in [1.165, 1.54) is 10.9 Å². The smallest absolute Gasteiger partial charge is 0.323 e. The van der Waals surface area contributed by atoms with E-state index in [4.69, 9.17) is 10.8 Å². The zero-order valence-electron chi connectivity index (χ0n) is 14.8. The standard InChI is InChI=1S/C18H23N5O3/c1-12(2)16(26)18(19)21-17-14(20-11-22(17)10-15(24)25)9-23(18)8-13-6-4-3-5-7-13/h3-7,11-12,21H,8-10,19H2,1-2H3,(H,24,25). The number of Topliss-reactive ketones (excluding diaryl/α,β-unsaturated/α-hetero) is 1. The number of fused-ring (bicyclic) bond motifs is 1. The second-order valence-electron chi connectivity index (χ2n) is 6.81. The van der Waals surface area contributed by atoms with Gasteiger partial charge in [-0.05, 0) is 5.56 Å². The highest BCUT2D eigenvalue weighted by molar-refractivity contribution is 5.92. The van der Waals surface area contributed by atoms with Crippen LogP contribution in [0.5, 0.6) is 0 Å². The van der Waals surface area contributed by atoms with Gasteiger partial charge in [0.2, 0.25) is 5.79 Å². The average Bonchev–Trinajstić information content (AvgIpc) is 2.96. The second-order valence-corrected chi connectivity index (χ2v) is 6.81. The first kappa shape index (κ1) is 18.1. The van der Waals surface area contributed by atoms with Gasteiger partial charge in [0.1, 0.15) is 12.4 Å². The summed E-state index contributed by atoms with van der Waals surface area (Å²) in [5, 5.41) is 12.1. The Labute approximate surface area is 151 Å². The first-order chi connectivity index (χ1) is 12.3. The lowest BCUT2D eigenvalue weighted by molar-refractivity contribution is -0.137. The van der Waals surface area contributed by atoms with Crippen molar-refractivity contribution >= 4 is 17.6 Å². The number of ketones is 1. The van der Waals surface area contributed by atoms with E-state index in [9.17, 15) is 9.59 Å². The third-order valence-corrected chi connectivity index (χ3v) is 4.48. The lowest BCUT2D eigenvalue weighted by atomic mass is 9.98. The number of carbonyl (C=O) groups is 2. The van der Waals surface area contributed by atoms with E-state index in [0.717, 1.165) is 5.56 Å². The highest BCUT2D eigenvalue weighted by Crippen LogP contribution is 2.31. The Morgan fingerprint density at radius 2 is 2.04 bits per heavy atom. The molecule has 8 nitrogen and oxygen atoms in total.